The van der Waals surface area contributed by atoms with Crippen LogP contribution in [0, 0.1) is 5.82 Å². The number of unbranched alkanes of at least 4 members (excludes halogenated alkanes) is 5. The highest BCUT2D eigenvalue weighted by Gasteiger charge is 2.08. The van der Waals surface area contributed by atoms with Crippen molar-refractivity contribution in [2.45, 2.75) is 65.2 Å². The number of hydrogen-bond acceptors (Lipinski definition) is 2. The van der Waals surface area contributed by atoms with Crippen LogP contribution in [0.25, 0.3) is 22.4 Å². The highest BCUT2D eigenvalue weighted by molar-refractivity contribution is 5.67. The van der Waals surface area contributed by atoms with Crippen LogP contribution in [0.1, 0.15) is 64.4 Å². The molecule has 164 valence electrons. The number of nitrogens with zero attached hydrogens (tertiary/aromatic N) is 1. The maximum atomic E-state index is 14.6. The summed E-state index contributed by atoms with van der Waals surface area (Å²) in [6, 6.07) is 17.5. The van der Waals surface area contributed by atoms with Crippen molar-refractivity contribution in [3.8, 4) is 28.1 Å². The standard InChI is InChI=1S/C28H34FNO/c1-3-5-7-9-19-31-25-15-12-23(13-16-25)24-14-18-28(30-21-24)26-17-11-22(20-27(26)29)10-8-6-4-2/h11-18,20-21H,3-10,19H2,1-2H3. The second-order valence-corrected chi connectivity index (χ2v) is 8.14. The second kappa shape index (κ2) is 12.2. The number of benzene rings is 2. The van der Waals surface area contributed by atoms with Crippen LogP contribution in [0.4, 0.5) is 4.39 Å². The molecule has 0 radical (unpaired) electrons. The van der Waals surface area contributed by atoms with Crippen molar-refractivity contribution in [3.05, 3.63) is 72.2 Å². The number of aryl methyl sites for hydroxylation is 1. The molecule has 0 unspecified atom stereocenters. The Labute approximate surface area is 186 Å². The molecule has 0 atom stereocenters. The monoisotopic (exact) mass is 419 g/mol. The molecule has 0 saturated heterocycles. The second-order valence-electron chi connectivity index (χ2n) is 8.14. The predicted octanol–water partition coefficient (Wildman–Crippen LogP) is 8.25. The summed E-state index contributed by atoms with van der Waals surface area (Å²) >= 11 is 0. The predicted molar refractivity (Wildman–Crippen MR) is 128 cm³/mol. The smallest absolute Gasteiger partial charge is 0.132 e. The van der Waals surface area contributed by atoms with E-state index in [0.717, 1.165) is 48.3 Å². The highest BCUT2D eigenvalue weighted by Crippen LogP contribution is 2.26. The first-order chi connectivity index (χ1) is 15.2. The zero-order valence-electron chi connectivity index (χ0n) is 18.9. The first kappa shape index (κ1) is 23.0. The lowest BCUT2D eigenvalue weighted by Gasteiger charge is -2.09. The Hall–Kier alpha value is -2.68. The fourth-order valence-electron chi connectivity index (χ4n) is 3.69. The van der Waals surface area contributed by atoms with Crippen LogP contribution in [0.2, 0.25) is 0 Å². The van der Waals surface area contributed by atoms with Crippen LogP contribution in [0.3, 0.4) is 0 Å². The van der Waals surface area contributed by atoms with Gasteiger partial charge in [-0.1, -0.05) is 70.2 Å². The van der Waals surface area contributed by atoms with Crippen LogP contribution < -0.4 is 4.74 Å². The minimum atomic E-state index is -0.199. The number of hydrogen-bond donors (Lipinski definition) is 0. The quantitative estimate of drug-likeness (QED) is 0.276. The van der Waals surface area contributed by atoms with Crippen LogP contribution in [-0.4, -0.2) is 11.6 Å². The summed E-state index contributed by atoms with van der Waals surface area (Å²) < 4.78 is 20.4. The van der Waals surface area contributed by atoms with E-state index in [-0.39, 0.29) is 5.82 Å². The normalized spacial score (nSPS) is 10.9. The number of pyridine rings is 1. The molecule has 31 heavy (non-hydrogen) atoms. The van der Waals surface area contributed by atoms with Crippen LogP contribution in [0.5, 0.6) is 5.75 Å². The summed E-state index contributed by atoms with van der Waals surface area (Å²) in [6.07, 6.45) is 11.0. The third-order valence-electron chi connectivity index (χ3n) is 5.60. The first-order valence-electron chi connectivity index (χ1n) is 11.7. The lowest BCUT2D eigenvalue weighted by molar-refractivity contribution is 0.305. The molecule has 0 bridgehead atoms. The lowest BCUT2D eigenvalue weighted by atomic mass is 10.0. The Morgan fingerprint density at radius 3 is 2.19 bits per heavy atom. The van der Waals surface area contributed by atoms with Gasteiger partial charge in [-0.05, 0) is 60.7 Å². The van der Waals surface area contributed by atoms with Gasteiger partial charge in [0.25, 0.3) is 0 Å². The third-order valence-corrected chi connectivity index (χ3v) is 5.60. The molecule has 2 aromatic carbocycles. The average Bonchev–Trinajstić information content (AvgIpc) is 2.80. The lowest BCUT2D eigenvalue weighted by Crippen LogP contribution is -1.97. The zero-order valence-corrected chi connectivity index (χ0v) is 18.9. The van der Waals surface area contributed by atoms with Gasteiger partial charge in [0.1, 0.15) is 11.6 Å². The summed E-state index contributed by atoms with van der Waals surface area (Å²) in [4.78, 5) is 4.52. The molecule has 3 aromatic rings. The molecule has 3 heteroatoms. The molecule has 0 aliphatic rings. The van der Waals surface area contributed by atoms with Crippen molar-refractivity contribution in [1.29, 1.82) is 0 Å². The maximum absolute atomic E-state index is 14.6. The summed E-state index contributed by atoms with van der Waals surface area (Å²) in [5, 5.41) is 0. The summed E-state index contributed by atoms with van der Waals surface area (Å²) in [5.41, 5.74) is 4.35. The molecule has 1 heterocycles. The largest absolute Gasteiger partial charge is 0.494 e. The molecule has 0 spiro atoms. The number of ether oxygens (including phenoxy) is 1. The van der Waals surface area contributed by atoms with Crippen molar-refractivity contribution >= 4 is 0 Å². The van der Waals surface area contributed by atoms with Crippen LogP contribution >= 0.6 is 0 Å². The van der Waals surface area contributed by atoms with Gasteiger partial charge in [0, 0.05) is 17.3 Å². The fourth-order valence-corrected chi connectivity index (χ4v) is 3.69. The molecule has 0 aliphatic heterocycles. The van der Waals surface area contributed by atoms with Gasteiger partial charge >= 0.3 is 0 Å². The molecule has 0 saturated carbocycles. The van der Waals surface area contributed by atoms with Gasteiger partial charge in [-0.25, -0.2) is 4.39 Å². The molecule has 0 N–H and O–H groups in total. The minimum Gasteiger partial charge on any atom is -0.494 e. The van der Waals surface area contributed by atoms with E-state index in [0.29, 0.717) is 11.3 Å². The molecular weight excluding hydrogens is 385 g/mol. The SMILES string of the molecule is CCCCCCOc1ccc(-c2ccc(-c3ccc(CCCCC)cc3F)nc2)cc1. The molecule has 1 aromatic heterocycles. The van der Waals surface area contributed by atoms with Gasteiger partial charge in [0.15, 0.2) is 0 Å². The van der Waals surface area contributed by atoms with Gasteiger partial charge in [0.2, 0.25) is 0 Å². The van der Waals surface area contributed by atoms with Crippen LogP contribution in [0.15, 0.2) is 60.8 Å². The van der Waals surface area contributed by atoms with E-state index >= 15 is 0 Å². The Morgan fingerprint density at radius 1 is 0.774 bits per heavy atom. The van der Waals surface area contributed by atoms with Gasteiger partial charge in [-0.15, -0.1) is 0 Å². The molecule has 0 aliphatic carbocycles. The Balaban J connectivity index is 1.61. The van der Waals surface area contributed by atoms with E-state index < -0.39 is 0 Å². The number of rotatable bonds is 12. The van der Waals surface area contributed by atoms with E-state index in [4.69, 9.17) is 4.74 Å². The third kappa shape index (κ3) is 6.92. The minimum absolute atomic E-state index is 0.199. The summed E-state index contributed by atoms with van der Waals surface area (Å²) in [6.45, 7) is 5.15. The first-order valence-corrected chi connectivity index (χ1v) is 11.7. The van der Waals surface area contributed by atoms with E-state index in [2.05, 4.69) is 18.8 Å². The van der Waals surface area contributed by atoms with E-state index in [1.54, 1.807) is 6.07 Å². The van der Waals surface area contributed by atoms with Gasteiger partial charge < -0.3 is 4.74 Å². The average molecular weight is 420 g/mol. The van der Waals surface area contributed by atoms with Gasteiger partial charge in [0.05, 0.1) is 12.3 Å². The number of halogens is 1. The summed E-state index contributed by atoms with van der Waals surface area (Å²) in [7, 11) is 0. The summed E-state index contributed by atoms with van der Waals surface area (Å²) in [5.74, 6) is 0.695. The molecule has 3 rings (SSSR count). The van der Waals surface area contributed by atoms with E-state index in [1.807, 2.05) is 54.7 Å². The van der Waals surface area contributed by atoms with Crippen molar-refractivity contribution < 1.29 is 9.13 Å². The van der Waals surface area contributed by atoms with Crippen molar-refractivity contribution in [1.82, 2.24) is 4.98 Å². The molecule has 0 amide bonds. The van der Waals surface area contributed by atoms with E-state index in [9.17, 15) is 4.39 Å². The topological polar surface area (TPSA) is 22.1 Å². The molecule has 2 nitrogen and oxygen atoms in total. The number of aromatic nitrogens is 1. The molecule has 0 fully saturated rings. The fraction of sp³-hybridized carbons (Fsp3) is 0.393. The molecular formula is C28H34FNO. The van der Waals surface area contributed by atoms with Crippen LogP contribution in [-0.2, 0) is 6.42 Å². The van der Waals surface area contributed by atoms with Crippen molar-refractivity contribution in [3.63, 3.8) is 0 Å². The highest BCUT2D eigenvalue weighted by atomic mass is 19.1. The van der Waals surface area contributed by atoms with E-state index in [1.165, 1.54) is 32.1 Å². The van der Waals surface area contributed by atoms with Crippen molar-refractivity contribution in [2.75, 3.05) is 6.61 Å². The van der Waals surface area contributed by atoms with Crippen molar-refractivity contribution in [2.24, 2.45) is 0 Å². The van der Waals surface area contributed by atoms with Gasteiger partial charge in [-0.2, -0.15) is 0 Å². The Morgan fingerprint density at radius 2 is 1.52 bits per heavy atom. The Kier molecular flexibility index (Phi) is 9.08. The zero-order chi connectivity index (χ0) is 21.9. The Bertz CT molecular complexity index is 919. The maximum Gasteiger partial charge on any atom is 0.132 e. The van der Waals surface area contributed by atoms with Gasteiger partial charge in [-0.3, -0.25) is 4.98 Å².